The van der Waals surface area contributed by atoms with Crippen molar-refractivity contribution in [2.45, 2.75) is 13.0 Å². The van der Waals surface area contributed by atoms with Crippen LogP contribution in [0.3, 0.4) is 0 Å². The zero-order chi connectivity index (χ0) is 20.3. The number of pyridine rings is 1. The van der Waals surface area contributed by atoms with Crippen LogP contribution in [0.2, 0.25) is 0 Å². The van der Waals surface area contributed by atoms with Gasteiger partial charge in [-0.1, -0.05) is 12.1 Å². The van der Waals surface area contributed by atoms with Gasteiger partial charge in [0.05, 0.1) is 18.7 Å². The summed E-state index contributed by atoms with van der Waals surface area (Å²) in [6, 6.07) is 11.8. The third-order valence-corrected chi connectivity index (χ3v) is 4.75. The van der Waals surface area contributed by atoms with E-state index < -0.39 is 17.5 Å². The molecule has 1 amide bonds. The smallest absolute Gasteiger partial charge is 0.257 e. The van der Waals surface area contributed by atoms with Crippen molar-refractivity contribution in [1.29, 1.82) is 0 Å². The third kappa shape index (κ3) is 3.86. The van der Waals surface area contributed by atoms with Crippen molar-refractivity contribution in [3.8, 4) is 16.9 Å². The molecule has 3 rings (SSSR count). The summed E-state index contributed by atoms with van der Waals surface area (Å²) in [5, 5.41) is 0. The minimum absolute atomic E-state index is 0.0732. The van der Waals surface area contributed by atoms with Crippen molar-refractivity contribution in [2.75, 3.05) is 14.2 Å². The Bertz CT molecular complexity index is 993. The first-order valence-corrected chi connectivity index (χ1v) is 8.73. The van der Waals surface area contributed by atoms with E-state index in [1.807, 2.05) is 13.0 Å². The summed E-state index contributed by atoms with van der Waals surface area (Å²) in [7, 11) is 3.05. The fraction of sp³-hybridized carbons (Fsp3) is 0.182. The summed E-state index contributed by atoms with van der Waals surface area (Å²) in [6.07, 6.45) is 3.31. The maximum Gasteiger partial charge on any atom is 0.257 e. The Morgan fingerprint density at radius 3 is 2.50 bits per heavy atom. The second-order valence-electron chi connectivity index (χ2n) is 6.42. The number of rotatable bonds is 5. The van der Waals surface area contributed by atoms with Crippen LogP contribution in [0.25, 0.3) is 11.1 Å². The lowest BCUT2D eigenvalue weighted by molar-refractivity contribution is 0.0737. The van der Waals surface area contributed by atoms with E-state index in [4.69, 9.17) is 4.74 Å². The van der Waals surface area contributed by atoms with E-state index in [-0.39, 0.29) is 17.2 Å². The molecule has 0 spiro atoms. The Morgan fingerprint density at radius 2 is 1.89 bits per heavy atom. The van der Waals surface area contributed by atoms with Crippen molar-refractivity contribution in [3.05, 3.63) is 83.7 Å². The Kier molecular flexibility index (Phi) is 5.68. The molecule has 0 radical (unpaired) electrons. The van der Waals surface area contributed by atoms with E-state index in [2.05, 4.69) is 4.98 Å². The Balaban J connectivity index is 1.87. The molecule has 0 fully saturated rings. The van der Waals surface area contributed by atoms with E-state index in [0.717, 1.165) is 5.56 Å². The lowest BCUT2D eigenvalue weighted by atomic mass is 10.0. The topological polar surface area (TPSA) is 42.4 Å². The molecule has 4 nitrogen and oxygen atoms in total. The number of aromatic nitrogens is 1. The summed E-state index contributed by atoms with van der Waals surface area (Å²) in [4.78, 5) is 18.2. The van der Waals surface area contributed by atoms with E-state index in [0.29, 0.717) is 11.3 Å². The van der Waals surface area contributed by atoms with Crippen LogP contribution in [0.15, 0.2) is 60.9 Å². The molecule has 1 aromatic heterocycles. The molecule has 0 bridgehead atoms. The van der Waals surface area contributed by atoms with Gasteiger partial charge in [-0.25, -0.2) is 8.78 Å². The molecule has 0 saturated heterocycles. The highest BCUT2D eigenvalue weighted by molar-refractivity contribution is 5.95. The summed E-state index contributed by atoms with van der Waals surface area (Å²) < 4.78 is 33.9. The first-order chi connectivity index (χ1) is 13.4. The molecule has 3 aromatic rings. The van der Waals surface area contributed by atoms with Gasteiger partial charge in [0.1, 0.15) is 17.4 Å². The van der Waals surface area contributed by atoms with E-state index >= 15 is 0 Å². The number of hydrogen-bond acceptors (Lipinski definition) is 3. The van der Waals surface area contributed by atoms with Gasteiger partial charge in [0.25, 0.3) is 5.91 Å². The van der Waals surface area contributed by atoms with Gasteiger partial charge in [-0.15, -0.1) is 0 Å². The minimum atomic E-state index is -0.706. The molecule has 1 atom stereocenters. The highest BCUT2D eigenvalue weighted by Crippen LogP contribution is 2.28. The summed E-state index contributed by atoms with van der Waals surface area (Å²) in [6.45, 7) is 1.84. The number of ether oxygens (including phenoxy) is 1. The maximum absolute atomic E-state index is 14.7. The van der Waals surface area contributed by atoms with Gasteiger partial charge in [-0.05, 0) is 48.4 Å². The standard InChI is InChI=1S/C22H20F2N2O2/c1-14(16-5-4-10-25-13-16)26(2)22(27)19-8-6-15(11-20(19)23)18-9-7-17(28-3)12-21(18)24/h4-14H,1-3H3. The fourth-order valence-corrected chi connectivity index (χ4v) is 2.93. The number of hydrogen-bond donors (Lipinski definition) is 0. The van der Waals surface area contributed by atoms with Crippen LogP contribution in [0, 0.1) is 11.6 Å². The molecular weight excluding hydrogens is 362 g/mol. The number of amides is 1. The van der Waals surface area contributed by atoms with E-state index in [1.165, 1.54) is 42.3 Å². The SMILES string of the molecule is COc1ccc(-c2ccc(C(=O)N(C)C(C)c3cccnc3)c(F)c2)c(F)c1. The van der Waals surface area contributed by atoms with Crippen LogP contribution in [-0.4, -0.2) is 29.9 Å². The maximum atomic E-state index is 14.7. The van der Waals surface area contributed by atoms with Crippen LogP contribution in [0.4, 0.5) is 8.78 Å². The highest BCUT2D eigenvalue weighted by atomic mass is 19.1. The van der Waals surface area contributed by atoms with Crippen molar-refractivity contribution < 1.29 is 18.3 Å². The van der Waals surface area contributed by atoms with Crippen molar-refractivity contribution in [3.63, 3.8) is 0 Å². The molecule has 144 valence electrons. The first kappa shape index (κ1) is 19.5. The molecule has 0 saturated carbocycles. The molecule has 1 unspecified atom stereocenters. The second-order valence-corrected chi connectivity index (χ2v) is 6.42. The number of halogens is 2. The van der Waals surface area contributed by atoms with Crippen LogP contribution in [-0.2, 0) is 0 Å². The average molecular weight is 382 g/mol. The largest absolute Gasteiger partial charge is 0.497 e. The molecule has 6 heteroatoms. The lowest BCUT2D eigenvalue weighted by Crippen LogP contribution is -2.30. The van der Waals surface area contributed by atoms with E-state index in [1.54, 1.807) is 31.6 Å². The predicted octanol–water partition coefficient (Wildman–Crippen LogP) is 4.87. The first-order valence-electron chi connectivity index (χ1n) is 8.73. The Hall–Kier alpha value is -3.28. The van der Waals surface area contributed by atoms with Gasteiger partial charge in [0.2, 0.25) is 0 Å². The Labute approximate surface area is 162 Å². The van der Waals surface area contributed by atoms with Crippen LogP contribution >= 0.6 is 0 Å². The molecule has 0 N–H and O–H groups in total. The molecule has 28 heavy (non-hydrogen) atoms. The van der Waals surface area contributed by atoms with Crippen molar-refractivity contribution >= 4 is 5.91 Å². The zero-order valence-electron chi connectivity index (χ0n) is 15.8. The monoisotopic (exact) mass is 382 g/mol. The summed E-state index contributed by atoms with van der Waals surface area (Å²) in [5.41, 5.74) is 1.35. The normalized spacial score (nSPS) is 11.8. The van der Waals surface area contributed by atoms with Gasteiger partial charge in [-0.2, -0.15) is 0 Å². The van der Waals surface area contributed by atoms with Gasteiger partial charge in [-0.3, -0.25) is 9.78 Å². The second kappa shape index (κ2) is 8.17. The molecular formula is C22H20F2N2O2. The van der Waals surface area contributed by atoms with E-state index in [9.17, 15) is 13.6 Å². The van der Waals surface area contributed by atoms with Crippen LogP contribution < -0.4 is 4.74 Å². The van der Waals surface area contributed by atoms with Gasteiger partial charge < -0.3 is 9.64 Å². The lowest BCUT2D eigenvalue weighted by Gasteiger charge is -2.25. The fourth-order valence-electron chi connectivity index (χ4n) is 2.93. The predicted molar refractivity (Wildman–Crippen MR) is 103 cm³/mol. The van der Waals surface area contributed by atoms with Crippen LogP contribution in [0.1, 0.15) is 28.9 Å². The summed E-state index contributed by atoms with van der Waals surface area (Å²) >= 11 is 0. The van der Waals surface area contributed by atoms with Gasteiger partial charge in [0.15, 0.2) is 0 Å². The van der Waals surface area contributed by atoms with Crippen LogP contribution in [0.5, 0.6) is 5.75 Å². The van der Waals surface area contributed by atoms with Crippen molar-refractivity contribution in [2.24, 2.45) is 0 Å². The Morgan fingerprint density at radius 1 is 1.11 bits per heavy atom. The molecule has 0 aliphatic heterocycles. The number of methoxy groups -OCH3 is 1. The number of benzene rings is 2. The number of carbonyl (C=O) groups is 1. The van der Waals surface area contributed by atoms with Crippen molar-refractivity contribution in [1.82, 2.24) is 9.88 Å². The third-order valence-electron chi connectivity index (χ3n) is 4.75. The van der Waals surface area contributed by atoms with Gasteiger partial charge >= 0.3 is 0 Å². The quantitative estimate of drug-likeness (QED) is 0.632. The molecule has 0 aliphatic carbocycles. The zero-order valence-corrected chi connectivity index (χ0v) is 15.8. The highest BCUT2D eigenvalue weighted by Gasteiger charge is 2.22. The van der Waals surface area contributed by atoms with Gasteiger partial charge in [0, 0.05) is 31.1 Å². The molecule has 0 aliphatic rings. The minimum Gasteiger partial charge on any atom is -0.497 e. The number of carbonyl (C=O) groups excluding carboxylic acids is 1. The number of nitrogens with zero attached hydrogens (tertiary/aromatic N) is 2. The summed E-state index contributed by atoms with van der Waals surface area (Å²) in [5.74, 6) is -1.32. The molecule has 2 aromatic carbocycles. The molecule has 1 heterocycles. The average Bonchev–Trinajstić information content (AvgIpc) is 2.72.